The van der Waals surface area contributed by atoms with Gasteiger partial charge < -0.3 is 5.11 Å². The van der Waals surface area contributed by atoms with Gasteiger partial charge in [0.1, 0.15) is 0 Å². The highest BCUT2D eigenvalue weighted by Gasteiger charge is 2.17. The average molecular weight is 245 g/mol. The fourth-order valence-electron chi connectivity index (χ4n) is 1.03. The van der Waals surface area contributed by atoms with E-state index in [4.69, 9.17) is 5.11 Å². The fraction of sp³-hybridized carbons (Fsp3) is 0.333. The van der Waals surface area contributed by atoms with Crippen LogP contribution in [-0.2, 0) is 11.3 Å². The Morgan fingerprint density at radius 2 is 2.46 bits per heavy atom. The van der Waals surface area contributed by atoms with Crippen molar-refractivity contribution in [3.05, 3.63) is 30.1 Å². The molecular formula is C9H11BrNO2+. The van der Waals surface area contributed by atoms with Gasteiger partial charge in [-0.15, -0.1) is 0 Å². The van der Waals surface area contributed by atoms with Crippen molar-refractivity contribution in [3.63, 3.8) is 0 Å². The summed E-state index contributed by atoms with van der Waals surface area (Å²) in [4.78, 5) is 10.00. The molecule has 13 heavy (non-hydrogen) atoms. The molecule has 4 heteroatoms. The normalized spacial score (nSPS) is 12.5. The third kappa shape index (κ3) is 3.14. The summed E-state index contributed by atoms with van der Waals surface area (Å²) in [6, 6.07) is 3.87. The van der Waals surface area contributed by atoms with Crippen molar-refractivity contribution >= 4 is 21.9 Å². The van der Waals surface area contributed by atoms with Crippen LogP contribution in [0.5, 0.6) is 0 Å². The van der Waals surface area contributed by atoms with Crippen molar-refractivity contribution in [2.75, 3.05) is 0 Å². The standard InChI is InChI=1S/C9H10BrNO2/c1-7-3-2-4-11(5-7)6-8(10)9(12)13/h2-5,8H,6H2,1H3/p+1/t8-/m0/s1. The van der Waals surface area contributed by atoms with Gasteiger partial charge in [-0.2, -0.15) is 0 Å². The van der Waals surface area contributed by atoms with Gasteiger partial charge >= 0.3 is 5.97 Å². The summed E-state index contributed by atoms with van der Waals surface area (Å²) in [5.74, 6) is -0.839. The maximum absolute atomic E-state index is 10.5. The number of carboxylic acids is 1. The summed E-state index contributed by atoms with van der Waals surface area (Å²) in [5, 5.41) is 8.65. The van der Waals surface area contributed by atoms with E-state index in [9.17, 15) is 4.79 Å². The van der Waals surface area contributed by atoms with Gasteiger partial charge in [-0.25, -0.2) is 4.57 Å². The molecule has 0 unspecified atom stereocenters. The van der Waals surface area contributed by atoms with E-state index in [1.165, 1.54) is 0 Å². The molecule has 0 bridgehead atoms. The van der Waals surface area contributed by atoms with Gasteiger partial charge in [0.15, 0.2) is 23.8 Å². The zero-order chi connectivity index (χ0) is 9.84. The largest absolute Gasteiger partial charge is 0.480 e. The zero-order valence-electron chi connectivity index (χ0n) is 7.27. The molecule has 0 fully saturated rings. The Bertz CT molecular complexity index is 314. The molecule has 0 amide bonds. The maximum Gasteiger partial charge on any atom is 0.323 e. The number of aromatic nitrogens is 1. The number of rotatable bonds is 3. The molecule has 1 rings (SSSR count). The molecule has 1 heterocycles. The van der Waals surface area contributed by atoms with E-state index >= 15 is 0 Å². The minimum atomic E-state index is -0.839. The molecule has 1 N–H and O–H groups in total. The lowest BCUT2D eigenvalue weighted by molar-refractivity contribution is -0.694. The predicted molar refractivity (Wildman–Crippen MR) is 51.7 cm³/mol. The van der Waals surface area contributed by atoms with E-state index in [0.717, 1.165) is 5.56 Å². The van der Waals surface area contributed by atoms with Gasteiger partial charge in [-0.05, 0) is 13.0 Å². The summed E-state index contributed by atoms with van der Waals surface area (Å²) in [6.45, 7) is 2.41. The number of nitrogens with zero attached hydrogens (tertiary/aromatic N) is 1. The quantitative estimate of drug-likeness (QED) is 0.640. The Morgan fingerprint density at radius 3 is 3.00 bits per heavy atom. The van der Waals surface area contributed by atoms with Gasteiger partial charge in [0, 0.05) is 11.6 Å². The minimum Gasteiger partial charge on any atom is -0.480 e. The number of carboxylic acid groups (broad SMARTS) is 1. The summed E-state index contributed by atoms with van der Waals surface area (Å²) in [5.41, 5.74) is 1.12. The number of aryl methyl sites for hydroxylation is 1. The zero-order valence-corrected chi connectivity index (χ0v) is 8.86. The molecule has 0 saturated heterocycles. The Labute approximate surface area is 85.1 Å². The van der Waals surface area contributed by atoms with E-state index in [1.54, 1.807) is 0 Å². The van der Waals surface area contributed by atoms with Crippen molar-refractivity contribution in [2.45, 2.75) is 18.3 Å². The summed E-state index contributed by atoms with van der Waals surface area (Å²) in [7, 11) is 0. The van der Waals surface area contributed by atoms with E-state index in [-0.39, 0.29) is 0 Å². The van der Waals surface area contributed by atoms with Crippen LogP contribution in [0.4, 0.5) is 0 Å². The van der Waals surface area contributed by atoms with Gasteiger partial charge in [0.05, 0.1) is 0 Å². The Morgan fingerprint density at radius 1 is 1.77 bits per heavy atom. The topological polar surface area (TPSA) is 41.2 Å². The van der Waals surface area contributed by atoms with Crippen molar-refractivity contribution < 1.29 is 14.5 Å². The predicted octanol–water partition coefficient (Wildman–Crippen LogP) is 1.13. The van der Waals surface area contributed by atoms with Crippen LogP contribution in [0, 0.1) is 6.92 Å². The lowest BCUT2D eigenvalue weighted by Crippen LogP contribution is -2.40. The van der Waals surface area contributed by atoms with E-state index in [2.05, 4.69) is 15.9 Å². The van der Waals surface area contributed by atoms with Gasteiger partial charge in [0.2, 0.25) is 0 Å². The van der Waals surface area contributed by atoms with Crippen LogP contribution in [0.2, 0.25) is 0 Å². The van der Waals surface area contributed by atoms with Crippen LogP contribution in [0.25, 0.3) is 0 Å². The lowest BCUT2D eigenvalue weighted by atomic mass is 10.3. The fourth-order valence-corrected chi connectivity index (χ4v) is 1.36. The second-order valence-corrected chi connectivity index (χ2v) is 3.99. The van der Waals surface area contributed by atoms with Gasteiger partial charge in [0.25, 0.3) is 0 Å². The molecule has 0 aliphatic heterocycles. The van der Waals surface area contributed by atoms with E-state index in [0.29, 0.717) is 6.54 Å². The molecule has 0 aliphatic carbocycles. The van der Waals surface area contributed by atoms with Crippen LogP contribution in [-0.4, -0.2) is 15.9 Å². The number of pyridine rings is 1. The molecule has 0 aromatic carbocycles. The summed E-state index contributed by atoms with van der Waals surface area (Å²) < 4.78 is 1.85. The van der Waals surface area contributed by atoms with Crippen LogP contribution in [0.15, 0.2) is 24.5 Å². The SMILES string of the molecule is Cc1ccc[n+](C[C@H](Br)C(=O)O)c1. The Balaban J connectivity index is 2.69. The van der Waals surface area contributed by atoms with Crippen LogP contribution in [0.3, 0.4) is 0 Å². The first-order valence-corrected chi connectivity index (χ1v) is 4.84. The van der Waals surface area contributed by atoms with Crippen molar-refractivity contribution in [3.8, 4) is 0 Å². The third-order valence-electron chi connectivity index (χ3n) is 1.65. The number of hydrogen-bond donors (Lipinski definition) is 1. The molecular weight excluding hydrogens is 234 g/mol. The number of hydrogen-bond acceptors (Lipinski definition) is 1. The second-order valence-electron chi connectivity index (χ2n) is 2.88. The average Bonchev–Trinajstić information content (AvgIpc) is 2.04. The molecule has 70 valence electrons. The highest BCUT2D eigenvalue weighted by Crippen LogP contribution is 1.99. The third-order valence-corrected chi connectivity index (χ3v) is 2.33. The first-order valence-electron chi connectivity index (χ1n) is 3.92. The Hall–Kier alpha value is -0.900. The molecule has 0 radical (unpaired) electrons. The first kappa shape index (κ1) is 10.2. The molecule has 1 aromatic rings. The highest BCUT2D eigenvalue weighted by molar-refractivity contribution is 9.10. The Kier molecular flexibility index (Phi) is 3.42. The molecule has 0 saturated carbocycles. The second kappa shape index (κ2) is 4.37. The smallest absolute Gasteiger partial charge is 0.323 e. The first-order chi connectivity index (χ1) is 6.09. The van der Waals surface area contributed by atoms with Crippen LogP contribution in [0.1, 0.15) is 5.56 Å². The van der Waals surface area contributed by atoms with Gasteiger partial charge in [-0.1, -0.05) is 15.9 Å². The van der Waals surface area contributed by atoms with Gasteiger partial charge in [-0.3, -0.25) is 4.79 Å². The minimum absolute atomic E-state index is 0.441. The molecule has 0 aliphatic rings. The number of alkyl halides is 1. The number of halogens is 1. The summed E-state index contributed by atoms with van der Waals surface area (Å²) in [6.07, 6.45) is 3.77. The summed E-state index contributed by atoms with van der Waals surface area (Å²) >= 11 is 3.08. The lowest BCUT2D eigenvalue weighted by Gasteiger charge is -2.00. The number of carbonyl (C=O) groups is 1. The molecule has 1 atom stereocenters. The molecule has 1 aromatic heterocycles. The van der Waals surface area contributed by atoms with Crippen LogP contribution < -0.4 is 4.57 Å². The molecule has 3 nitrogen and oxygen atoms in total. The van der Waals surface area contributed by atoms with E-state index < -0.39 is 10.8 Å². The van der Waals surface area contributed by atoms with Crippen molar-refractivity contribution in [2.24, 2.45) is 0 Å². The van der Waals surface area contributed by atoms with E-state index in [1.807, 2.05) is 36.0 Å². The monoisotopic (exact) mass is 244 g/mol. The number of aliphatic carboxylic acids is 1. The van der Waals surface area contributed by atoms with Crippen molar-refractivity contribution in [1.29, 1.82) is 0 Å². The highest BCUT2D eigenvalue weighted by atomic mass is 79.9. The van der Waals surface area contributed by atoms with Crippen molar-refractivity contribution in [1.82, 2.24) is 0 Å². The maximum atomic E-state index is 10.5. The molecule has 0 spiro atoms. The van der Waals surface area contributed by atoms with Crippen LogP contribution >= 0.6 is 15.9 Å².